The largest absolute Gasteiger partial charge is 0.411 e. The van der Waals surface area contributed by atoms with Gasteiger partial charge in [0.15, 0.2) is 0 Å². The standard InChI is InChI=1S/C14H21F3N2O/c1-19(7-2-8-20-11-14(15,16)17)10-13-5-3-12(9-18)4-6-13/h3-6H,2,7-11,18H2,1H3. The van der Waals surface area contributed by atoms with E-state index >= 15 is 0 Å². The number of rotatable bonds is 8. The molecule has 1 aromatic rings. The molecule has 0 unspecified atom stereocenters. The molecule has 0 spiro atoms. The molecule has 2 N–H and O–H groups in total. The fraction of sp³-hybridized carbons (Fsp3) is 0.571. The lowest BCUT2D eigenvalue weighted by atomic mass is 10.1. The Kier molecular flexibility index (Phi) is 6.98. The Hall–Kier alpha value is -1.11. The Labute approximate surface area is 117 Å². The van der Waals surface area contributed by atoms with Gasteiger partial charge in [-0.05, 0) is 24.6 Å². The summed E-state index contributed by atoms with van der Waals surface area (Å²) in [4.78, 5) is 2.05. The van der Waals surface area contributed by atoms with E-state index in [-0.39, 0.29) is 6.61 Å². The highest BCUT2D eigenvalue weighted by Gasteiger charge is 2.27. The van der Waals surface area contributed by atoms with Crippen LogP contribution in [0.3, 0.4) is 0 Å². The fourth-order valence-corrected chi connectivity index (χ4v) is 1.80. The van der Waals surface area contributed by atoms with Crippen LogP contribution in [0.5, 0.6) is 0 Å². The smallest absolute Gasteiger partial charge is 0.372 e. The molecular weight excluding hydrogens is 269 g/mol. The van der Waals surface area contributed by atoms with Crippen LogP contribution in [0.2, 0.25) is 0 Å². The maximum Gasteiger partial charge on any atom is 0.411 e. The van der Waals surface area contributed by atoms with Gasteiger partial charge in [0, 0.05) is 26.2 Å². The van der Waals surface area contributed by atoms with Crippen LogP contribution in [0, 0.1) is 0 Å². The first-order valence-electron chi connectivity index (χ1n) is 6.51. The third kappa shape index (κ3) is 7.47. The molecule has 3 nitrogen and oxygen atoms in total. The van der Waals surface area contributed by atoms with Gasteiger partial charge in [-0.3, -0.25) is 0 Å². The quantitative estimate of drug-likeness (QED) is 0.748. The Bertz CT molecular complexity index is 379. The van der Waals surface area contributed by atoms with E-state index in [4.69, 9.17) is 5.73 Å². The van der Waals surface area contributed by atoms with E-state index < -0.39 is 12.8 Å². The predicted octanol–water partition coefficient (Wildman–Crippen LogP) is 2.55. The summed E-state index contributed by atoms with van der Waals surface area (Å²) in [5.41, 5.74) is 7.76. The van der Waals surface area contributed by atoms with Gasteiger partial charge in [-0.1, -0.05) is 24.3 Å². The van der Waals surface area contributed by atoms with Crippen molar-refractivity contribution in [3.8, 4) is 0 Å². The first kappa shape index (κ1) is 16.9. The summed E-state index contributed by atoms with van der Waals surface area (Å²) < 4.78 is 40.1. The van der Waals surface area contributed by atoms with Gasteiger partial charge in [0.25, 0.3) is 0 Å². The summed E-state index contributed by atoms with van der Waals surface area (Å²) in [6.07, 6.45) is -3.66. The van der Waals surface area contributed by atoms with Gasteiger partial charge in [-0.2, -0.15) is 13.2 Å². The fourth-order valence-electron chi connectivity index (χ4n) is 1.80. The van der Waals surface area contributed by atoms with Crippen molar-refractivity contribution in [2.45, 2.75) is 25.7 Å². The molecular formula is C14H21F3N2O. The first-order valence-corrected chi connectivity index (χ1v) is 6.51. The molecule has 0 heterocycles. The van der Waals surface area contributed by atoms with E-state index in [2.05, 4.69) is 9.64 Å². The van der Waals surface area contributed by atoms with Gasteiger partial charge in [0.05, 0.1) is 0 Å². The van der Waals surface area contributed by atoms with Gasteiger partial charge >= 0.3 is 6.18 Å². The Balaban J connectivity index is 2.18. The molecule has 0 aliphatic carbocycles. The lowest BCUT2D eigenvalue weighted by Crippen LogP contribution is -2.22. The normalized spacial score (nSPS) is 12.1. The van der Waals surface area contributed by atoms with E-state index in [1.807, 2.05) is 31.3 Å². The van der Waals surface area contributed by atoms with Gasteiger partial charge < -0.3 is 15.4 Å². The molecule has 0 aliphatic heterocycles. The van der Waals surface area contributed by atoms with Crippen LogP contribution in [0.15, 0.2) is 24.3 Å². The lowest BCUT2D eigenvalue weighted by Gasteiger charge is -2.17. The molecule has 6 heteroatoms. The topological polar surface area (TPSA) is 38.5 Å². The molecule has 114 valence electrons. The number of benzene rings is 1. The maximum absolute atomic E-state index is 11.8. The second-order valence-electron chi connectivity index (χ2n) is 4.78. The minimum Gasteiger partial charge on any atom is -0.372 e. The molecule has 1 rings (SSSR count). The maximum atomic E-state index is 11.8. The molecule has 1 aromatic carbocycles. The zero-order chi connectivity index (χ0) is 15.0. The van der Waals surface area contributed by atoms with Crippen LogP contribution in [-0.4, -0.2) is 37.9 Å². The van der Waals surface area contributed by atoms with E-state index in [1.54, 1.807) is 0 Å². The molecule has 0 saturated heterocycles. The summed E-state index contributed by atoms with van der Waals surface area (Å²) in [5.74, 6) is 0. The van der Waals surface area contributed by atoms with Gasteiger partial charge in [0.2, 0.25) is 0 Å². The average Bonchev–Trinajstić information content (AvgIpc) is 2.38. The summed E-state index contributed by atoms with van der Waals surface area (Å²) in [5, 5.41) is 0. The van der Waals surface area contributed by atoms with Crippen molar-refractivity contribution < 1.29 is 17.9 Å². The molecule has 0 radical (unpaired) electrons. The highest BCUT2D eigenvalue weighted by Crippen LogP contribution is 2.14. The number of alkyl halides is 3. The zero-order valence-electron chi connectivity index (χ0n) is 11.6. The number of halogens is 3. The highest BCUT2D eigenvalue weighted by molar-refractivity contribution is 5.22. The third-order valence-corrected chi connectivity index (χ3v) is 2.81. The minimum absolute atomic E-state index is 0.121. The zero-order valence-corrected chi connectivity index (χ0v) is 11.6. The van der Waals surface area contributed by atoms with Crippen LogP contribution in [0.1, 0.15) is 17.5 Å². The first-order chi connectivity index (χ1) is 9.40. The average molecular weight is 290 g/mol. The van der Waals surface area contributed by atoms with Crippen molar-refractivity contribution >= 4 is 0 Å². The molecule has 0 aliphatic rings. The number of nitrogens with zero attached hydrogens (tertiary/aromatic N) is 1. The summed E-state index contributed by atoms with van der Waals surface area (Å²) in [6.45, 7) is 0.917. The van der Waals surface area contributed by atoms with E-state index in [9.17, 15) is 13.2 Å². The van der Waals surface area contributed by atoms with Crippen molar-refractivity contribution in [1.29, 1.82) is 0 Å². The van der Waals surface area contributed by atoms with Crippen LogP contribution >= 0.6 is 0 Å². The number of hydrogen-bond acceptors (Lipinski definition) is 3. The molecule has 0 bridgehead atoms. The van der Waals surface area contributed by atoms with E-state index in [1.165, 1.54) is 0 Å². The Morgan fingerprint density at radius 1 is 1.15 bits per heavy atom. The monoisotopic (exact) mass is 290 g/mol. The Morgan fingerprint density at radius 3 is 2.30 bits per heavy atom. The summed E-state index contributed by atoms with van der Waals surface area (Å²) >= 11 is 0. The van der Waals surface area contributed by atoms with Crippen molar-refractivity contribution in [1.82, 2.24) is 4.90 Å². The second kappa shape index (κ2) is 8.24. The summed E-state index contributed by atoms with van der Waals surface area (Å²) in [6, 6.07) is 7.99. The second-order valence-corrected chi connectivity index (χ2v) is 4.78. The summed E-state index contributed by atoms with van der Waals surface area (Å²) in [7, 11) is 1.93. The molecule has 20 heavy (non-hydrogen) atoms. The third-order valence-electron chi connectivity index (χ3n) is 2.81. The van der Waals surface area contributed by atoms with Crippen LogP contribution < -0.4 is 5.73 Å². The predicted molar refractivity (Wildman–Crippen MR) is 72.2 cm³/mol. The van der Waals surface area contributed by atoms with E-state index in [0.717, 1.165) is 17.7 Å². The number of nitrogens with two attached hydrogens (primary N) is 1. The van der Waals surface area contributed by atoms with Crippen LogP contribution in [-0.2, 0) is 17.8 Å². The molecule has 0 saturated carbocycles. The van der Waals surface area contributed by atoms with Crippen molar-refractivity contribution in [2.75, 3.05) is 26.8 Å². The van der Waals surface area contributed by atoms with Gasteiger partial charge in [-0.25, -0.2) is 0 Å². The highest BCUT2D eigenvalue weighted by atomic mass is 19.4. The molecule has 0 aromatic heterocycles. The Morgan fingerprint density at radius 2 is 1.75 bits per heavy atom. The van der Waals surface area contributed by atoms with E-state index in [0.29, 0.717) is 19.5 Å². The molecule has 0 amide bonds. The van der Waals surface area contributed by atoms with Gasteiger partial charge in [0.1, 0.15) is 6.61 Å². The van der Waals surface area contributed by atoms with Crippen LogP contribution in [0.4, 0.5) is 13.2 Å². The SMILES string of the molecule is CN(CCCOCC(F)(F)F)Cc1ccc(CN)cc1. The number of ether oxygens (including phenoxy) is 1. The molecule has 0 fully saturated rings. The number of hydrogen-bond donors (Lipinski definition) is 1. The minimum atomic E-state index is -4.24. The van der Waals surface area contributed by atoms with Crippen LogP contribution in [0.25, 0.3) is 0 Å². The van der Waals surface area contributed by atoms with Crippen molar-refractivity contribution in [3.63, 3.8) is 0 Å². The van der Waals surface area contributed by atoms with Gasteiger partial charge in [-0.15, -0.1) is 0 Å². The van der Waals surface area contributed by atoms with Crippen molar-refractivity contribution in [2.24, 2.45) is 5.73 Å². The van der Waals surface area contributed by atoms with Crippen molar-refractivity contribution in [3.05, 3.63) is 35.4 Å². The molecule has 0 atom stereocenters. The lowest BCUT2D eigenvalue weighted by molar-refractivity contribution is -0.174.